The summed E-state index contributed by atoms with van der Waals surface area (Å²) in [5.74, 6) is 0. The van der Waals surface area contributed by atoms with Crippen molar-refractivity contribution in [2.75, 3.05) is 0 Å². The minimum absolute atomic E-state index is 0.491. The number of aryl methyl sites for hydroxylation is 1. The van der Waals surface area contributed by atoms with E-state index in [1.165, 1.54) is 5.56 Å². The van der Waals surface area contributed by atoms with Gasteiger partial charge in [-0.05, 0) is 30.2 Å². The molecule has 1 aromatic carbocycles. The predicted molar refractivity (Wildman–Crippen MR) is 59.5 cm³/mol. The lowest BCUT2D eigenvalue weighted by Crippen LogP contribution is -1.86. The second kappa shape index (κ2) is 6.68. The largest absolute Gasteiger partial charge is 0.198 e. The fourth-order valence-electron chi connectivity index (χ4n) is 0.916. The maximum absolute atomic E-state index is 8.47. The lowest BCUT2D eigenvalue weighted by atomic mass is 10.1. The molecule has 0 atom stereocenters. The van der Waals surface area contributed by atoms with Crippen molar-refractivity contribution in [2.45, 2.75) is 27.2 Å². The molecule has 0 aliphatic heterocycles. The standard InChI is InChI=1S/C9H8BrN.C2H6/c1-7-2-3-9(10)6-8(7)4-5-11;1-2/h2-3,6H,4H2,1H3;1-2H3. The van der Waals surface area contributed by atoms with E-state index in [-0.39, 0.29) is 0 Å². The predicted octanol–water partition coefficient (Wildman–Crippen LogP) is 3.85. The first-order chi connectivity index (χ1) is 6.24. The average molecular weight is 240 g/mol. The van der Waals surface area contributed by atoms with Gasteiger partial charge in [0.25, 0.3) is 0 Å². The van der Waals surface area contributed by atoms with Gasteiger partial charge in [-0.1, -0.05) is 35.8 Å². The zero-order valence-corrected chi connectivity index (χ0v) is 9.85. The Morgan fingerprint density at radius 2 is 2.00 bits per heavy atom. The first kappa shape index (κ1) is 12.2. The Labute approximate surface area is 88.5 Å². The molecule has 1 aromatic rings. The molecule has 0 spiro atoms. The Bertz CT molecular complexity index is 299. The zero-order valence-electron chi connectivity index (χ0n) is 8.26. The van der Waals surface area contributed by atoms with E-state index >= 15 is 0 Å². The summed E-state index contributed by atoms with van der Waals surface area (Å²) in [6.45, 7) is 6.01. The summed E-state index contributed by atoms with van der Waals surface area (Å²) < 4.78 is 1.04. The van der Waals surface area contributed by atoms with Crippen LogP contribution in [0.2, 0.25) is 0 Å². The van der Waals surface area contributed by atoms with Crippen LogP contribution in [0.5, 0.6) is 0 Å². The van der Waals surface area contributed by atoms with Crippen molar-refractivity contribution in [1.82, 2.24) is 0 Å². The van der Waals surface area contributed by atoms with Crippen molar-refractivity contribution < 1.29 is 0 Å². The van der Waals surface area contributed by atoms with E-state index in [0.717, 1.165) is 10.0 Å². The third-order valence-electron chi connectivity index (χ3n) is 1.58. The fourth-order valence-corrected chi connectivity index (χ4v) is 1.32. The molecule has 0 heterocycles. The molecule has 1 nitrogen and oxygen atoms in total. The molecule has 0 aliphatic rings. The van der Waals surface area contributed by atoms with Crippen molar-refractivity contribution in [1.29, 1.82) is 5.26 Å². The van der Waals surface area contributed by atoms with Crippen molar-refractivity contribution >= 4 is 15.9 Å². The molecule has 0 saturated heterocycles. The molecule has 0 unspecified atom stereocenters. The number of benzene rings is 1. The normalized spacial score (nSPS) is 8.23. The molecule has 0 radical (unpaired) electrons. The van der Waals surface area contributed by atoms with Crippen LogP contribution >= 0.6 is 15.9 Å². The maximum atomic E-state index is 8.47. The SMILES string of the molecule is CC.Cc1ccc(Br)cc1CC#N. The third kappa shape index (κ3) is 4.10. The van der Waals surface area contributed by atoms with E-state index in [2.05, 4.69) is 22.0 Å². The van der Waals surface area contributed by atoms with Crippen molar-refractivity contribution in [2.24, 2.45) is 0 Å². The van der Waals surface area contributed by atoms with Crippen molar-refractivity contribution in [3.05, 3.63) is 33.8 Å². The molecule has 1 rings (SSSR count). The molecule has 0 amide bonds. The summed E-state index contributed by atoms with van der Waals surface area (Å²) in [4.78, 5) is 0. The zero-order chi connectivity index (χ0) is 10.3. The van der Waals surface area contributed by atoms with E-state index in [4.69, 9.17) is 5.26 Å². The summed E-state index contributed by atoms with van der Waals surface area (Å²) >= 11 is 3.36. The Morgan fingerprint density at radius 3 is 2.54 bits per heavy atom. The number of nitriles is 1. The molecule has 0 aromatic heterocycles. The number of nitrogens with zero attached hydrogens (tertiary/aromatic N) is 1. The summed E-state index contributed by atoms with van der Waals surface area (Å²) in [6, 6.07) is 8.11. The van der Waals surface area contributed by atoms with Crippen LogP contribution in [-0.4, -0.2) is 0 Å². The second-order valence-corrected chi connectivity index (χ2v) is 3.32. The minimum Gasteiger partial charge on any atom is -0.198 e. The van der Waals surface area contributed by atoms with Gasteiger partial charge in [0, 0.05) is 4.47 Å². The number of rotatable bonds is 1. The molecule has 13 heavy (non-hydrogen) atoms. The monoisotopic (exact) mass is 239 g/mol. The maximum Gasteiger partial charge on any atom is 0.0669 e. The molecule has 2 heteroatoms. The average Bonchev–Trinajstić information content (AvgIpc) is 2.15. The minimum atomic E-state index is 0.491. The van der Waals surface area contributed by atoms with Gasteiger partial charge in [-0.2, -0.15) is 5.26 Å². The molecule has 0 N–H and O–H groups in total. The van der Waals surface area contributed by atoms with E-state index < -0.39 is 0 Å². The first-order valence-electron chi connectivity index (χ1n) is 4.36. The quantitative estimate of drug-likeness (QED) is 0.731. The van der Waals surface area contributed by atoms with Gasteiger partial charge >= 0.3 is 0 Å². The molecule has 0 fully saturated rings. The van der Waals surface area contributed by atoms with Crippen LogP contribution < -0.4 is 0 Å². The first-order valence-corrected chi connectivity index (χ1v) is 5.15. The van der Waals surface area contributed by atoms with E-state index in [1.54, 1.807) is 0 Å². The van der Waals surface area contributed by atoms with Gasteiger partial charge in [-0.3, -0.25) is 0 Å². The Balaban J connectivity index is 0.000000671. The molecule has 0 saturated carbocycles. The van der Waals surface area contributed by atoms with Crippen molar-refractivity contribution in [3.8, 4) is 6.07 Å². The van der Waals surface area contributed by atoms with Crippen LogP contribution in [-0.2, 0) is 6.42 Å². The molecule has 0 bridgehead atoms. The molecule has 70 valence electrons. The van der Waals surface area contributed by atoms with Gasteiger partial charge in [0.2, 0.25) is 0 Å². The highest BCUT2D eigenvalue weighted by molar-refractivity contribution is 9.10. The third-order valence-corrected chi connectivity index (χ3v) is 2.07. The highest BCUT2D eigenvalue weighted by atomic mass is 79.9. The van der Waals surface area contributed by atoms with Crippen molar-refractivity contribution in [3.63, 3.8) is 0 Å². The lowest BCUT2D eigenvalue weighted by Gasteiger charge is -2.00. The van der Waals surface area contributed by atoms with Crippen LogP contribution in [0, 0.1) is 18.3 Å². The van der Waals surface area contributed by atoms with Crippen LogP contribution in [0.25, 0.3) is 0 Å². The van der Waals surface area contributed by atoms with Gasteiger partial charge in [-0.15, -0.1) is 0 Å². The number of hydrogen-bond donors (Lipinski definition) is 0. The summed E-state index contributed by atoms with van der Waals surface area (Å²) in [6.07, 6.45) is 0.491. The van der Waals surface area contributed by atoms with Gasteiger partial charge in [0.15, 0.2) is 0 Å². The second-order valence-electron chi connectivity index (χ2n) is 2.41. The van der Waals surface area contributed by atoms with Crippen LogP contribution in [0.3, 0.4) is 0 Å². The summed E-state index contributed by atoms with van der Waals surface area (Å²) in [7, 11) is 0. The smallest absolute Gasteiger partial charge is 0.0669 e. The van der Waals surface area contributed by atoms with Crippen LogP contribution in [0.1, 0.15) is 25.0 Å². The van der Waals surface area contributed by atoms with E-state index in [9.17, 15) is 0 Å². The molecule has 0 aliphatic carbocycles. The number of hydrogen-bond acceptors (Lipinski definition) is 1. The Hall–Kier alpha value is -0.810. The van der Waals surface area contributed by atoms with E-state index in [1.807, 2.05) is 39.0 Å². The molecular formula is C11H14BrN. The summed E-state index contributed by atoms with van der Waals surface area (Å²) in [5.41, 5.74) is 2.27. The van der Waals surface area contributed by atoms with Gasteiger partial charge < -0.3 is 0 Å². The lowest BCUT2D eigenvalue weighted by molar-refractivity contribution is 1.21. The molecular weight excluding hydrogens is 226 g/mol. The topological polar surface area (TPSA) is 23.8 Å². The van der Waals surface area contributed by atoms with Gasteiger partial charge in [0.05, 0.1) is 12.5 Å². The van der Waals surface area contributed by atoms with Gasteiger partial charge in [0.1, 0.15) is 0 Å². The summed E-state index contributed by atoms with van der Waals surface area (Å²) in [5, 5.41) is 8.47. The van der Waals surface area contributed by atoms with Crippen LogP contribution in [0.15, 0.2) is 22.7 Å². The fraction of sp³-hybridized carbons (Fsp3) is 0.364. The van der Waals surface area contributed by atoms with E-state index in [0.29, 0.717) is 6.42 Å². The number of halogens is 1. The van der Waals surface area contributed by atoms with Crippen LogP contribution in [0.4, 0.5) is 0 Å². The Kier molecular flexibility index (Phi) is 6.26. The van der Waals surface area contributed by atoms with Gasteiger partial charge in [-0.25, -0.2) is 0 Å². The highest BCUT2D eigenvalue weighted by Gasteiger charge is 1.96. The Morgan fingerprint density at radius 1 is 1.38 bits per heavy atom. The highest BCUT2D eigenvalue weighted by Crippen LogP contribution is 2.15.